The van der Waals surface area contributed by atoms with E-state index in [1.165, 1.54) is 24.3 Å². The molecule has 4 amide bonds. The molecule has 2 aliphatic rings. The summed E-state index contributed by atoms with van der Waals surface area (Å²) in [6, 6.07) is 53.5. The van der Waals surface area contributed by atoms with E-state index in [0.29, 0.717) is 67.8 Å². The van der Waals surface area contributed by atoms with Crippen LogP contribution in [0.3, 0.4) is 0 Å². The Hall–Kier alpha value is -10.4. The summed E-state index contributed by atoms with van der Waals surface area (Å²) in [5.41, 5.74) is 5.27. The van der Waals surface area contributed by atoms with Crippen molar-refractivity contribution in [1.82, 2.24) is 21.3 Å². The second-order valence-corrected chi connectivity index (χ2v) is 23.1. The van der Waals surface area contributed by atoms with Gasteiger partial charge in [0, 0.05) is 48.4 Å². The van der Waals surface area contributed by atoms with Crippen LogP contribution in [0.2, 0.25) is 0 Å². The second-order valence-electron chi connectivity index (χ2n) is 19.3. The first-order valence-corrected chi connectivity index (χ1v) is 29.7. The molecule has 0 fully saturated rings. The van der Waals surface area contributed by atoms with E-state index in [9.17, 15) is 45.6 Å². The Labute approximate surface area is 489 Å². The van der Waals surface area contributed by atoms with Crippen molar-refractivity contribution in [2.45, 2.75) is 29.2 Å². The van der Waals surface area contributed by atoms with Gasteiger partial charge in [-0.05, 0) is 125 Å². The molecule has 4 N–H and O–H groups in total. The Morgan fingerprint density at radius 2 is 0.835 bits per heavy atom. The fourth-order valence-corrected chi connectivity index (χ4v) is 12.4. The number of amides is 4. The van der Waals surface area contributed by atoms with Crippen molar-refractivity contribution in [2.24, 2.45) is 0 Å². The predicted octanol–water partition coefficient (Wildman–Crippen LogP) is 10.1. The third-order valence-corrected chi connectivity index (χ3v) is 17.3. The number of nitrogens with one attached hydrogen (secondary N) is 4. The van der Waals surface area contributed by atoms with Crippen LogP contribution >= 0.6 is 0 Å². The lowest BCUT2D eigenvalue weighted by Gasteiger charge is -2.14. The quantitative estimate of drug-likeness (QED) is 0.0315. The minimum absolute atomic E-state index is 0.0467. The van der Waals surface area contributed by atoms with Crippen LogP contribution in [0.1, 0.15) is 50.2 Å². The summed E-state index contributed by atoms with van der Waals surface area (Å²) >= 11 is 0. The van der Waals surface area contributed by atoms with Gasteiger partial charge in [0.2, 0.25) is 19.7 Å². The van der Waals surface area contributed by atoms with Crippen molar-refractivity contribution < 1.29 is 64.6 Å². The van der Waals surface area contributed by atoms with Crippen molar-refractivity contribution in [3.05, 3.63) is 232 Å². The number of hydrogen-bond acceptors (Lipinski definition) is 14. The van der Waals surface area contributed by atoms with Crippen LogP contribution in [0, 0.1) is 0 Å². The van der Waals surface area contributed by atoms with Crippen LogP contribution in [0.15, 0.2) is 214 Å². The molecule has 0 aromatic heterocycles. The predicted molar refractivity (Wildman–Crippen MR) is 316 cm³/mol. The first kappa shape index (κ1) is 57.8. The van der Waals surface area contributed by atoms with Crippen LogP contribution in [-0.4, -0.2) is 79.0 Å². The topological polar surface area (TPSA) is 256 Å². The lowest BCUT2D eigenvalue weighted by Crippen LogP contribution is -2.31. The Bertz CT molecular complexity index is 4190. The third-order valence-electron chi connectivity index (χ3n) is 13.6. The number of hydrogen-bond donors (Lipinski definition) is 4. The van der Waals surface area contributed by atoms with Crippen LogP contribution < -0.4 is 35.5 Å². The van der Waals surface area contributed by atoms with E-state index in [-0.39, 0.29) is 71.3 Å². The molecule has 0 saturated heterocycles. The largest absolute Gasteiger partial charge is 0.519 e. The molecule has 0 saturated carbocycles. The number of rotatable bonds is 20. The average Bonchev–Trinajstić information content (AvgIpc) is 2.06. The molecule has 8 aromatic carbocycles. The number of fused-ring (bicyclic) bond motifs is 2. The van der Waals surface area contributed by atoms with E-state index in [4.69, 9.17) is 18.9 Å². The molecular formula is C65H52N4O14S2. The zero-order valence-electron chi connectivity index (χ0n) is 45.1. The van der Waals surface area contributed by atoms with Crippen molar-refractivity contribution in [3.8, 4) is 50.6 Å². The summed E-state index contributed by atoms with van der Waals surface area (Å²) in [4.78, 5) is 77.3. The average molecular weight is 1180 g/mol. The highest BCUT2D eigenvalue weighted by molar-refractivity contribution is 7.97. The van der Waals surface area contributed by atoms with E-state index >= 15 is 0 Å². The third kappa shape index (κ3) is 13.6. The highest BCUT2D eigenvalue weighted by Crippen LogP contribution is 2.40. The molecule has 428 valence electrons. The highest BCUT2D eigenvalue weighted by atomic mass is 32.2. The number of sulfone groups is 2. The molecule has 0 spiro atoms. The van der Waals surface area contributed by atoms with Crippen LogP contribution in [0.4, 0.5) is 9.59 Å². The van der Waals surface area contributed by atoms with Crippen LogP contribution in [-0.2, 0) is 40.6 Å². The zero-order chi connectivity index (χ0) is 59.5. The van der Waals surface area contributed by atoms with Gasteiger partial charge in [-0.2, -0.15) is 0 Å². The Morgan fingerprint density at radius 3 is 1.44 bits per heavy atom. The van der Waals surface area contributed by atoms with Crippen LogP contribution in [0.25, 0.3) is 45.5 Å². The zero-order valence-corrected chi connectivity index (χ0v) is 46.7. The molecule has 8 aromatic rings. The standard InChI is InChI=1S/C65H52N4O14S2/c70-60(45-25-21-43(22-26-45)52-18-8-9-19-54(52)82-65(75)81-51-16-5-2-6-17-51)66-34-12-36-69-63(73)59-40-50-30-29-48(38-57(50)85(59,78)79)47-31-32-53(55(37-47)83-64(74)80-41-42-13-3-1-4-14-42)44-23-27-46(28-24-44)61(71)67-33-11-35-68-62(72)58-39-49-15-7-10-20-56(49)84(58,76)77/h1-10,13-32,37-40H,11-12,33-36,41H2,(H,66,70)(H,67,71)(H,68,72)(H,69,73). The van der Waals surface area contributed by atoms with Crippen LogP contribution in [0.5, 0.6) is 17.2 Å². The van der Waals surface area contributed by atoms with E-state index < -0.39 is 54.6 Å². The second kappa shape index (κ2) is 25.8. The summed E-state index contributed by atoms with van der Waals surface area (Å²) in [6.45, 7) is 0.404. The number of benzene rings is 8. The molecule has 2 aliphatic heterocycles. The lowest BCUT2D eigenvalue weighted by atomic mass is 9.97. The van der Waals surface area contributed by atoms with E-state index in [1.54, 1.807) is 176 Å². The Morgan fingerprint density at radius 1 is 0.376 bits per heavy atom. The van der Waals surface area contributed by atoms with Gasteiger partial charge >= 0.3 is 12.3 Å². The van der Waals surface area contributed by atoms with Crippen molar-refractivity contribution >= 4 is 67.8 Å². The Kier molecular flexibility index (Phi) is 17.5. The molecule has 85 heavy (non-hydrogen) atoms. The fourth-order valence-electron chi connectivity index (χ4n) is 9.28. The number of ether oxygens (including phenoxy) is 4. The van der Waals surface area contributed by atoms with Crippen molar-refractivity contribution in [2.75, 3.05) is 26.2 Å². The summed E-state index contributed by atoms with van der Waals surface area (Å²) in [7, 11) is -8.22. The molecule has 10 rings (SSSR count). The first-order chi connectivity index (χ1) is 41.1. The maximum Gasteiger partial charge on any atom is 0.519 e. The summed E-state index contributed by atoms with van der Waals surface area (Å²) < 4.78 is 75.6. The fraction of sp³-hybridized carbons (Fsp3) is 0.108. The minimum Gasteiger partial charge on any atom is -0.429 e. The maximum absolute atomic E-state index is 14.0. The molecule has 0 aliphatic carbocycles. The van der Waals surface area contributed by atoms with Gasteiger partial charge in [0.15, 0.2) is 0 Å². The van der Waals surface area contributed by atoms with Gasteiger partial charge in [-0.25, -0.2) is 26.4 Å². The monoisotopic (exact) mass is 1180 g/mol. The molecule has 0 bridgehead atoms. The van der Waals surface area contributed by atoms with Crippen molar-refractivity contribution in [3.63, 3.8) is 0 Å². The lowest BCUT2D eigenvalue weighted by molar-refractivity contribution is -0.117. The van der Waals surface area contributed by atoms with Gasteiger partial charge in [-0.1, -0.05) is 133 Å². The van der Waals surface area contributed by atoms with Gasteiger partial charge in [-0.3, -0.25) is 19.2 Å². The SMILES string of the molecule is O=C(OCc1ccccc1)Oc1cc(-c2ccc3c(c2)S(=O)(=O)C(C(=O)NCCCNC(=O)c2ccc(-c4ccccc4OC(=O)Oc4ccccc4)cc2)=C3)ccc1-c1ccc(C(=O)NCCCNC(=O)C2=Cc3ccccc3S2(=O)=O)cc1. The number of carbonyl (C=O) groups is 6. The number of para-hydroxylation sites is 2. The van der Waals surface area contributed by atoms with Gasteiger partial charge in [0.25, 0.3) is 23.6 Å². The molecule has 0 atom stereocenters. The van der Waals surface area contributed by atoms with Gasteiger partial charge < -0.3 is 40.2 Å². The smallest absolute Gasteiger partial charge is 0.429 e. The maximum atomic E-state index is 14.0. The van der Waals surface area contributed by atoms with E-state index in [1.807, 2.05) is 6.07 Å². The molecular weight excluding hydrogens is 1120 g/mol. The van der Waals surface area contributed by atoms with E-state index in [2.05, 4.69) is 21.3 Å². The normalized spacial score (nSPS) is 13.1. The van der Waals surface area contributed by atoms with Gasteiger partial charge in [-0.15, -0.1) is 0 Å². The van der Waals surface area contributed by atoms with E-state index in [0.717, 1.165) is 5.56 Å². The molecule has 2 heterocycles. The summed E-state index contributed by atoms with van der Waals surface area (Å²) in [6.07, 6.45) is 1.31. The molecule has 20 heteroatoms. The molecule has 0 unspecified atom stereocenters. The van der Waals surface area contributed by atoms with Gasteiger partial charge in [0.1, 0.15) is 33.7 Å². The highest BCUT2D eigenvalue weighted by Gasteiger charge is 2.35. The molecule has 18 nitrogen and oxygen atoms in total. The first-order valence-electron chi connectivity index (χ1n) is 26.7. The number of carbonyl (C=O) groups excluding carboxylic acids is 6. The Balaban J connectivity index is 0.733. The summed E-state index contributed by atoms with van der Waals surface area (Å²) in [5.74, 6) is -1.68. The molecule has 0 radical (unpaired) electrons. The minimum atomic E-state index is -4.30. The van der Waals surface area contributed by atoms with Crippen molar-refractivity contribution in [1.29, 1.82) is 0 Å². The summed E-state index contributed by atoms with van der Waals surface area (Å²) in [5, 5.41) is 10.8. The van der Waals surface area contributed by atoms with Gasteiger partial charge in [0.05, 0.1) is 9.79 Å².